The van der Waals surface area contributed by atoms with E-state index in [4.69, 9.17) is 0 Å². The first-order valence-electron chi connectivity index (χ1n) is 6.30. The maximum absolute atomic E-state index is 4.18. The summed E-state index contributed by atoms with van der Waals surface area (Å²) in [6.07, 6.45) is 6.07. The van der Waals surface area contributed by atoms with E-state index in [1.165, 1.54) is 12.8 Å². The fourth-order valence-corrected chi connectivity index (χ4v) is 2.41. The van der Waals surface area contributed by atoms with Crippen molar-refractivity contribution in [3.8, 4) is 0 Å². The van der Waals surface area contributed by atoms with E-state index < -0.39 is 0 Å². The standard InChI is InChI=1S/C11H15N7S/c1-4-13-10(14-5-1)8-19-11-15-16-17-18(11)7-6-12-9-2-3-9/h1,4-5,9,12H,2-3,6-8H2. The minimum absolute atomic E-state index is 0.678. The molecule has 8 heteroatoms. The van der Waals surface area contributed by atoms with Gasteiger partial charge in [0, 0.05) is 25.0 Å². The van der Waals surface area contributed by atoms with E-state index >= 15 is 0 Å². The summed E-state index contributed by atoms with van der Waals surface area (Å²) in [4.78, 5) is 8.36. The molecule has 1 aliphatic carbocycles. The normalized spacial score (nSPS) is 14.7. The fourth-order valence-electron chi connectivity index (χ4n) is 1.64. The van der Waals surface area contributed by atoms with Gasteiger partial charge in [0.05, 0.1) is 12.3 Å². The van der Waals surface area contributed by atoms with Gasteiger partial charge in [0.15, 0.2) is 0 Å². The van der Waals surface area contributed by atoms with Crippen molar-refractivity contribution in [2.45, 2.75) is 36.3 Å². The Morgan fingerprint density at radius 1 is 1.32 bits per heavy atom. The van der Waals surface area contributed by atoms with E-state index in [0.29, 0.717) is 11.8 Å². The third kappa shape index (κ3) is 3.71. The van der Waals surface area contributed by atoms with Crippen LogP contribution in [0.4, 0.5) is 0 Å². The molecule has 7 nitrogen and oxygen atoms in total. The molecular formula is C11H15N7S. The number of hydrogen-bond donors (Lipinski definition) is 1. The van der Waals surface area contributed by atoms with Gasteiger partial charge < -0.3 is 5.32 Å². The molecule has 3 rings (SSSR count). The highest BCUT2D eigenvalue weighted by molar-refractivity contribution is 7.98. The minimum atomic E-state index is 0.678. The Morgan fingerprint density at radius 2 is 2.16 bits per heavy atom. The molecule has 0 spiro atoms. The molecule has 0 aromatic carbocycles. The lowest BCUT2D eigenvalue weighted by molar-refractivity contribution is 0.509. The van der Waals surface area contributed by atoms with Crippen molar-refractivity contribution in [1.29, 1.82) is 0 Å². The van der Waals surface area contributed by atoms with Gasteiger partial charge in [-0.15, -0.1) is 5.10 Å². The zero-order chi connectivity index (χ0) is 12.9. The van der Waals surface area contributed by atoms with Crippen molar-refractivity contribution < 1.29 is 0 Å². The van der Waals surface area contributed by atoms with E-state index in [1.54, 1.807) is 24.2 Å². The first-order valence-corrected chi connectivity index (χ1v) is 7.28. The molecule has 1 saturated carbocycles. The Bertz CT molecular complexity index is 511. The van der Waals surface area contributed by atoms with E-state index in [2.05, 4.69) is 30.8 Å². The molecule has 1 N–H and O–H groups in total. The molecule has 2 heterocycles. The van der Waals surface area contributed by atoms with E-state index in [1.807, 2.05) is 10.7 Å². The van der Waals surface area contributed by atoms with Gasteiger partial charge in [0.25, 0.3) is 0 Å². The van der Waals surface area contributed by atoms with Crippen LogP contribution in [0.3, 0.4) is 0 Å². The summed E-state index contributed by atoms with van der Waals surface area (Å²) in [5.74, 6) is 1.47. The summed E-state index contributed by atoms with van der Waals surface area (Å²) in [5, 5.41) is 16.0. The van der Waals surface area contributed by atoms with Crippen molar-refractivity contribution in [1.82, 2.24) is 35.5 Å². The number of hydrogen-bond acceptors (Lipinski definition) is 7. The maximum Gasteiger partial charge on any atom is 0.209 e. The third-order valence-corrected chi connectivity index (χ3v) is 3.74. The van der Waals surface area contributed by atoms with Crippen LogP contribution < -0.4 is 5.32 Å². The third-order valence-electron chi connectivity index (χ3n) is 2.78. The smallest absolute Gasteiger partial charge is 0.209 e. The van der Waals surface area contributed by atoms with Gasteiger partial charge in [-0.05, 0) is 29.3 Å². The molecule has 2 aromatic rings. The average Bonchev–Trinajstić information content (AvgIpc) is 3.16. The lowest BCUT2D eigenvalue weighted by atomic mass is 10.6. The van der Waals surface area contributed by atoms with Crippen LogP contribution in [0.25, 0.3) is 0 Å². The molecule has 0 unspecified atom stereocenters. The molecule has 1 fully saturated rings. The molecule has 100 valence electrons. The molecule has 0 atom stereocenters. The Morgan fingerprint density at radius 3 is 2.95 bits per heavy atom. The number of tetrazole rings is 1. The number of nitrogens with one attached hydrogen (secondary N) is 1. The molecule has 0 saturated heterocycles. The van der Waals surface area contributed by atoms with Crippen molar-refractivity contribution in [2.24, 2.45) is 0 Å². The summed E-state index contributed by atoms with van der Waals surface area (Å²) < 4.78 is 1.82. The molecule has 0 aliphatic heterocycles. The van der Waals surface area contributed by atoms with Crippen molar-refractivity contribution >= 4 is 11.8 Å². The fraction of sp³-hybridized carbons (Fsp3) is 0.545. The van der Waals surface area contributed by atoms with Crippen LogP contribution in [0.1, 0.15) is 18.7 Å². The van der Waals surface area contributed by atoms with Crippen molar-refractivity contribution in [3.05, 3.63) is 24.3 Å². The second-order valence-electron chi connectivity index (χ2n) is 4.37. The number of thioether (sulfide) groups is 1. The summed E-state index contributed by atoms with van der Waals surface area (Å²) >= 11 is 1.56. The summed E-state index contributed by atoms with van der Waals surface area (Å²) in [6, 6.07) is 2.52. The van der Waals surface area contributed by atoms with Crippen LogP contribution >= 0.6 is 11.8 Å². The number of aromatic nitrogens is 6. The average molecular weight is 277 g/mol. The zero-order valence-corrected chi connectivity index (χ0v) is 11.3. The highest BCUT2D eigenvalue weighted by Gasteiger charge is 2.20. The van der Waals surface area contributed by atoms with Crippen LogP contribution in [0.15, 0.2) is 23.6 Å². The van der Waals surface area contributed by atoms with Gasteiger partial charge in [0.2, 0.25) is 5.16 Å². The topological polar surface area (TPSA) is 81.4 Å². The van der Waals surface area contributed by atoms with Gasteiger partial charge in [-0.2, -0.15) is 0 Å². The van der Waals surface area contributed by atoms with Gasteiger partial charge in [-0.1, -0.05) is 11.8 Å². The van der Waals surface area contributed by atoms with Crippen LogP contribution in [0.2, 0.25) is 0 Å². The van der Waals surface area contributed by atoms with Crippen LogP contribution in [-0.2, 0) is 12.3 Å². The SMILES string of the molecule is c1cnc(CSc2nnnn2CCNC2CC2)nc1. The van der Waals surface area contributed by atoms with Crippen LogP contribution in [0, 0.1) is 0 Å². The maximum atomic E-state index is 4.18. The lowest BCUT2D eigenvalue weighted by Crippen LogP contribution is -2.22. The number of nitrogens with zero attached hydrogens (tertiary/aromatic N) is 6. The summed E-state index contributed by atoms with van der Waals surface area (Å²) in [6.45, 7) is 1.70. The first-order chi connectivity index (χ1) is 9.42. The predicted molar refractivity (Wildman–Crippen MR) is 70.4 cm³/mol. The van der Waals surface area contributed by atoms with Gasteiger partial charge in [0.1, 0.15) is 5.82 Å². The Hall–Kier alpha value is -1.54. The highest BCUT2D eigenvalue weighted by atomic mass is 32.2. The van der Waals surface area contributed by atoms with Crippen molar-refractivity contribution in [2.75, 3.05) is 6.54 Å². The molecule has 2 aromatic heterocycles. The van der Waals surface area contributed by atoms with E-state index in [0.717, 1.165) is 24.1 Å². The minimum Gasteiger partial charge on any atom is -0.312 e. The van der Waals surface area contributed by atoms with E-state index in [-0.39, 0.29) is 0 Å². The largest absolute Gasteiger partial charge is 0.312 e. The zero-order valence-electron chi connectivity index (χ0n) is 10.4. The molecule has 0 amide bonds. The monoisotopic (exact) mass is 277 g/mol. The van der Waals surface area contributed by atoms with Crippen LogP contribution in [-0.4, -0.2) is 42.8 Å². The molecule has 0 bridgehead atoms. The summed E-state index contributed by atoms with van der Waals surface area (Å²) in [5.41, 5.74) is 0. The Balaban J connectivity index is 1.51. The Kier molecular flexibility index (Phi) is 3.99. The second kappa shape index (κ2) is 6.07. The van der Waals surface area contributed by atoms with Crippen molar-refractivity contribution in [3.63, 3.8) is 0 Å². The second-order valence-corrected chi connectivity index (χ2v) is 5.31. The highest BCUT2D eigenvalue weighted by Crippen LogP contribution is 2.19. The first kappa shape index (κ1) is 12.5. The van der Waals surface area contributed by atoms with Crippen LogP contribution in [0.5, 0.6) is 0 Å². The molecule has 1 aliphatic rings. The molecular weight excluding hydrogens is 262 g/mol. The van der Waals surface area contributed by atoms with E-state index in [9.17, 15) is 0 Å². The number of rotatable bonds is 7. The molecule has 19 heavy (non-hydrogen) atoms. The van der Waals surface area contributed by atoms with Gasteiger partial charge in [-0.3, -0.25) is 0 Å². The quantitative estimate of drug-likeness (QED) is 0.738. The summed E-state index contributed by atoms with van der Waals surface area (Å²) in [7, 11) is 0. The predicted octanol–water partition coefficient (Wildman–Crippen LogP) is 0.507. The lowest BCUT2D eigenvalue weighted by Gasteiger charge is -2.04. The Labute approximate surface area is 115 Å². The molecule has 0 radical (unpaired) electrons. The van der Waals surface area contributed by atoms with Gasteiger partial charge in [-0.25, -0.2) is 14.6 Å². The van der Waals surface area contributed by atoms with Gasteiger partial charge >= 0.3 is 0 Å².